The van der Waals surface area contributed by atoms with Gasteiger partial charge in [-0.1, -0.05) is 13.8 Å². The van der Waals surface area contributed by atoms with E-state index in [-0.39, 0.29) is 16.7 Å². The van der Waals surface area contributed by atoms with Crippen molar-refractivity contribution < 1.29 is 18.0 Å². The molecule has 0 fully saturated rings. The molecule has 2 aromatic rings. The van der Waals surface area contributed by atoms with Gasteiger partial charge in [0.25, 0.3) is 11.8 Å². The summed E-state index contributed by atoms with van der Waals surface area (Å²) in [6, 6.07) is 4.57. The van der Waals surface area contributed by atoms with E-state index in [1.165, 1.54) is 26.2 Å². The molecule has 0 unspecified atom stereocenters. The lowest BCUT2D eigenvalue weighted by atomic mass is 10.1. The SMILES string of the molecule is CCN(CC)CCNC(=O)c1c(C)cn(/C=C2\C(=O)Nc3ccc(S(=O)(=O)N(C)C)cc32)c1C. The number of aryl methyl sites for hydroxylation is 1. The van der Waals surface area contributed by atoms with E-state index in [1.807, 2.05) is 13.8 Å². The summed E-state index contributed by atoms with van der Waals surface area (Å²) in [5.74, 6) is -0.486. The van der Waals surface area contributed by atoms with Crippen molar-refractivity contribution in [2.24, 2.45) is 0 Å². The fourth-order valence-corrected chi connectivity index (χ4v) is 4.95. The van der Waals surface area contributed by atoms with Gasteiger partial charge in [0.05, 0.1) is 16.0 Å². The first kappa shape index (κ1) is 25.7. The zero-order valence-corrected chi connectivity index (χ0v) is 21.4. The van der Waals surface area contributed by atoms with Crippen LogP contribution in [0.4, 0.5) is 5.69 Å². The summed E-state index contributed by atoms with van der Waals surface area (Å²) in [5, 5.41) is 5.76. The summed E-state index contributed by atoms with van der Waals surface area (Å²) < 4.78 is 28.0. The number of benzene rings is 1. The van der Waals surface area contributed by atoms with Gasteiger partial charge in [0.2, 0.25) is 10.0 Å². The van der Waals surface area contributed by atoms with Crippen molar-refractivity contribution >= 4 is 39.3 Å². The number of fused-ring (bicyclic) bond motifs is 1. The highest BCUT2D eigenvalue weighted by Crippen LogP contribution is 2.35. The van der Waals surface area contributed by atoms with Crippen LogP contribution in [0.25, 0.3) is 11.8 Å². The molecule has 1 aromatic carbocycles. The summed E-state index contributed by atoms with van der Waals surface area (Å²) in [5.41, 5.74) is 3.44. The molecule has 0 aliphatic carbocycles. The van der Waals surface area contributed by atoms with Gasteiger partial charge in [-0.2, -0.15) is 0 Å². The summed E-state index contributed by atoms with van der Waals surface area (Å²) in [6.07, 6.45) is 3.44. The summed E-state index contributed by atoms with van der Waals surface area (Å²) in [4.78, 5) is 27.9. The molecule has 0 saturated carbocycles. The number of nitrogens with one attached hydrogen (secondary N) is 2. The van der Waals surface area contributed by atoms with Crippen LogP contribution >= 0.6 is 0 Å². The molecule has 2 heterocycles. The quantitative estimate of drug-likeness (QED) is 0.529. The Balaban J connectivity index is 1.92. The number of amides is 2. The largest absolute Gasteiger partial charge is 0.351 e. The molecule has 9 nitrogen and oxygen atoms in total. The normalized spacial score (nSPS) is 14.7. The third-order valence-electron chi connectivity index (χ3n) is 6.13. The lowest BCUT2D eigenvalue weighted by Crippen LogP contribution is -2.35. The Morgan fingerprint density at radius 3 is 2.47 bits per heavy atom. The van der Waals surface area contributed by atoms with Crippen LogP contribution in [-0.4, -0.2) is 74.3 Å². The Hall–Kier alpha value is -2.95. The van der Waals surface area contributed by atoms with Crippen LogP contribution in [0, 0.1) is 13.8 Å². The minimum absolute atomic E-state index is 0.104. The fourth-order valence-electron chi connectivity index (χ4n) is 4.02. The van der Waals surface area contributed by atoms with Crippen molar-refractivity contribution in [2.45, 2.75) is 32.6 Å². The first-order valence-electron chi connectivity index (χ1n) is 11.3. The highest BCUT2D eigenvalue weighted by Gasteiger charge is 2.28. The first-order chi connectivity index (χ1) is 16.0. The molecule has 0 saturated heterocycles. The molecule has 2 N–H and O–H groups in total. The van der Waals surface area contributed by atoms with Crippen molar-refractivity contribution in [1.82, 2.24) is 19.1 Å². The number of carbonyl (C=O) groups is 2. The molecule has 1 aliphatic rings. The van der Waals surface area contributed by atoms with E-state index >= 15 is 0 Å². The molecule has 0 radical (unpaired) electrons. The number of nitrogens with zero attached hydrogens (tertiary/aromatic N) is 3. The standard InChI is InChI=1S/C24H33N5O4S/c1-7-28(8-2)12-11-25-24(31)22-16(3)14-29(17(22)4)15-20-19-13-18(34(32,33)27(5)6)9-10-21(19)26-23(20)30/h9-10,13-15H,7-8,11-12H2,1-6H3,(H,25,31)(H,26,30)/b20-15-. The number of likely N-dealkylation sites (N-methyl/N-ethyl adjacent to an activating group) is 1. The van der Waals surface area contributed by atoms with Gasteiger partial charge in [-0.3, -0.25) is 9.59 Å². The first-order valence-corrected chi connectivity index (χ1v) is 12.7. The molecular formula is C24H33N5O4S. The van der Waals surface area contributed by atoms with Crippen molar-refractivity contribution in [1.29, 1.82) is 0 Å². The van der Waals surface area contributed by atoms with Gasteiger partial charge in [0, 0.05) is 56.5 Å². The molecule has 0 spiro atoms. The number of aromatic nitrogens is 1. The number of sulfonamides is 1. The molecule has 3 rings (SSSR count). The Labute approximate surface area is 201 Å². The second-order valence-electron chi connectivity index (χ2n) is 8.45. The summed E-state index contributed by atoms with van der Waals surface area (Å²) >= 11 is 0. The van der Waals surface area contributed by atoms with Gasteiger partial charge in [-0.25, -0.2) is 12.7 Å². The van der Waals surface area contributed by atoms with Crippen molar-refractivity contribution in [2.75, 3.05) is 45.6 Å². The zero-order valence-electron chi connectivity index (χ0n) is 20.6. The Morgan fingerprint density at radius 1 is 1.18 bits per heavy atom. The van der Waals surface area contributed by atoms with Crippen molar-refractivity contribution in [3.8, 4) is 0 Å². The zero-order chi connectivity index (χ0) is 25.2. The molecule has 0 atom stereocenters. The van der Waals surface area contributed by atoms with E-state index in [0.29, 0.717) is 34.6 Å². The Morgan fingerprint density at radius 2 is 1.85 bits per heavy atom. The van der Waals surface area contributed by atoms with Crippen LogP contribution in [0.1, 0.15) is 41.0 Å². The van der Waals surface area contributed by atoms with Crippen LogP contribution in [-0.2, 0) is 14.8 Å². The van der Waals surface area contributed by atoms with Gasteiger partial charge in [0.15, 0.2) is 0 Å². The molecule has 184 valence electrons. The molecule has 1 aliphatic heterocycles. The predicted molar refractivity (Wildman–Crippen MR) is 134 cm³/mol. The van der Waals surface area contributed by atoms with E-state index in [0.717, 1.165) is 29.5 Å². The lowest BCUT2D eigenvalue weighted by Gasteiger charge is -2.18. The minimum Gasteiger partial charge on any atom is -0.351 e. The molecular weight excluding hydrogens is 454 g/mol. The second-order valence-corrected chi connectivity index (χ2v) is 10.6. The van der Waals surface area contributed by atoms with Gasteiger partial charge in [-0.15, -0.1) is 0 Å². The van der Waals surface area contributed by atoms with Crippen LogP contribution in [0.2, 0.25) is 0 Å². The highest BCUT2D eigenvalue weighted by atomic mass is 32.2. The molecule has 1 aromatic heterocycles. The monoisotopic (exact) mass is 487 g/mol. The van der Waals surface area contributed by atoms with Gasteiger partial charge in [0.1, 0.15) is 0 Å². The molecule has 2 amide bonds. The maximum atomic E-state index is 12.9. The number of hydrogen-bond donors (Lipinski definition) is 2. The number of rotatable bonds is 9. The summed E-state index contributed by atoms with van der Waals surface area (Å²) in [7, 11) is -0.726. The van der Waals surface area contributed by atoms with Crippen LogP contribution in [0.5, 0.6) is 0 Å². The topological polar surface area (TPSA) is 104 Å². The van der Waals surface area contributed by atoms with Crippen LogP contribution in [0.15, 0.2) is 29.3 Å². The van der Waals surface area contributed by atoms with Crippen LogP contribution < -0.4 is 10.6 Å². The highest BCUT2D eigenvalue weighted by molar-refractivity contribution is 7.89. The van der Waals surface area contributed by atoms with Gasteiger partial charge in [-0.05, 0) is 50.7 Å². The smallest absolute Gasteiger partial charge is 0.257 e. The van der Waals surface area contributed by atoms with Crippen molar-refractivity contribution in [3.63, 3.8) is 0 Å². The molecule has 34 heavy (non-hydrogen) atoms. The fraction of sp³-hybridized carbons (Fsp3) is 0.417. The number of hydrogen-bond acceptors (Lipinski definition) is 5. The second kappa shape index (κ2) is 10.1. The van der Waals surface area contributed by atoms with E-state index in [9.17, 15) is 18.0 Å². The average Bonchev–Trinajstić information content (AvgIpc) is 3.25. The van der Waals surface area contributed by atoms with E-state index in [1.54, 1.807) is 23.0 Å². The Bertz CT molecular complexity index is 1240. The predicted octanol–water partition coefficient (Wildman–Crippen LogP) is 2.38. The number of anilines is 1. The number of carbonyl (C=O) groups excluding carboxylic acids is 2. The maximum absolute atomic E-state index is 12.9. The minimum atomic E-state index is -3.65. The Kier molecular flexibility index (Phi) is 7.64. The average molecular weight is 488 g/mol. The summed E-state index contributed by atoms with van der Waals surface area (Å²) in [6.45, 7) is 11.0. The maximum Gasteiger partial charge on any atom is 0.257 e. The molecule has 10 heteroatoms. The van der Waals surface area contributed by atoms with E-state index < -0.39 is 10.0 Å². The van der Waals surface area contributed by atoms with Crippen molar-refractivity contribution in [3.05, 3.63) is 46.8 Å². The van der Waals surface area contributed by atoms with E-state index in [2.05, 4.69) is 29.4 Å². The van der Waals surface area contributed by atoms with Gasteiger partial charge < -0.3 is 20.1 Å². The van der Waals surface area contributed by atoms with Gasteiger partial charge >= 0.3 is 0 Å². The third-order valence-corrected chi connectivity index (χ3v) is 7.94. The van der Waals surface area contributed by atoms with Crippen LogP contribution in [0.3, 0.4) is 0 Å². The van der Waals surface area contributed by atoms with E-state index in [4.69, 9.17) is 0 Å². The lowest BCUT2D eigenvalue weighted by molar-refractivity contribution is -0.110. The molecule has 0 bridgehead atoms. The third kappa shape index (κ3) is 4.94.